The number of hydrogen-bond donors (Lipinski definition) is 0. The molecule has 22 rings (SSSR count). The van der Waals surface area contributed by atoms with E-state index in [1.807, 2.05) is 11.8 Å². The molecule has 0 saturated heterocycles. The summed E-state index contributed by atoms with van der Waals surface area (Å²) < 4.78 is 2.59. The molecule has 17 aromatic carbocycles. The SMILES string of the molecule is CC(C)(C)c1ccc2c(c1)c1cc(C(C)(C)C)ccc1n2-c1cc2c3c(c1)N(c1cccc(-c4ccccc4)c1)c1cc(-c4ccccc4)ccc1B3c1cc3c(cc1S2)N(c1c(-c2ccccc2)cccc1-c1ccccc1)c1cc(N(c2ccccc2)c2ccccc2)cc2c1B3c1ccc(-c3ccccc3)cc1N2c1ccccc1. The Bertz CT molecular complexity index is 6820. The average molecular weight is 1530 g/mol. The van der Waals surface area contributed by atoms with Crippen LogP contribution in [-0.4, -0.2) is 18.0 Å². The van der Waals surface area contributed by atoms with Crippen molar-refractivity contribution in [2.75, 3.05) is 19.6 Å². The van der Waals surface area contributed by atoms with Crippen LogP contribution in [0.1, 0.15) is 52.7 Å². The van der Waals surface area contributed by atoms with E-state index >= 15 is 0 Å². The molecule has 0 radical (unpaired) electrons. The van der Waals surface area contributed by atoms with E-state index in [2.05, 4.69) is 460 Å². The molecular weight excluding hydrogens is 1440 g/mol. The Morgan fingerprint density at radius 2 is 0.661 bits per heavy atom. The molecule has 0 atom stereocenters. The molecule has 1 aromatic heterocycles. The monoisotopic (exact) mass is 1530 g/mol. The highest BCUT2D eigenvalue weighted by molar-refractivity contribution is 8.00. The maximum atomic E-state index is 2.72. The lowest BCUT2D eigenvalue weighted by Crippen LogP contribution is -2.64. The van der Waals surface area contributed by atoms with Gasteiger partial charge in [0.15, 0.2) is 0 Å². The molecular formula is C110H83B2N5S. The topological polar surface area (TPSA) is 17.9 Å². The van der Waals surface area contributed by atoms with Crippen molar-refractivity contribution in [3.05, 3.63) is 405 Å². The van der Waals surface area contributed by atoms with E-state index in [1.165, 1.54) is 86.6 Å². The standard InChI is InChI=1S/C110H83B2N5S/c1-109(2,3)80-55-59-96-90(64-80)91-65-81(110(4,5)6)56-60-97(91)116(96)87-68-103-107-105(69-87)118-104-71-100-94(70-95(104)112(107)93-58-54-79(74-37-19-9-20-38-74)63-99(93)115(103)85-50-31-43-77(61-85)72-33-15-7-16-34-72)111-92-57-53-78(73-35-17-8-18-36-73)62-98(92)114(84-48-29-14-30-49-84)101-66-86(113(82-44-25-12-26-45-82)83-46-27-13-28-47-83)67-102(106(101)111)117(100)108-88(75-39-21-10-22-40-75)51-32-52-89(108)76-41-23-11-24-42-76/h7-71H,1-6H3. The number of benzene rings is 17. The second-order valence-corrected chi connectivity index (χ2v) is 35.1. The van der Waals surface area contributed by atoms with Crippen molar-refractivity contribution in [3.63, 3.8) is 0 Å². The van der Waals surface area contributed by atoms with Gasteiger partial charge in [0.2, 0.25) is 6.71 Å². The van der Waals surface area contributed by atoms with E-state index in [1.54, 1.807) is 0 Å². The summed E-state index contributed by atoms with van der Waals surface area (Å²) in [6, 6.07) is 149. The third-order valence-corrected chi connectivity index (χ3v) is 26.0. The molecule has 8 heteroatoms. The lowest BCUT2D eigenvalue weighted by molar-refractivity contribution is 0.590. The fourth-order valence-electron chi connectivity index (χ4n) is 19.2. The maximum absolute atomic E-state index is 2.72. The van der Waals surface area contributed by atoms with Crippen LogP contribution in [0.2, 0.25) is 0 Å². The normalized spacial score (nSPS) is 13.1. The Kier molecular flexibility index (Phi) is 16.8. The second kappa shape index (κ2) is 28.0. The maximum Gasteiger partial charge on any atom is 0.252 e. The third-order valence-electron chi connectivity index (χ3n) is 24.8. The number of rotatable bonds is 12. The van der Waals surface area contributed by atoms with Crippen LogP contribution in [-0.2, 0) is 10.8 Å². The fraction of sp³-hybridized carbons (Fsp3) is 0.0727. The summed E-state index contributed by atoms with van der Waals surface area (Å²) in [5.41, 5.74) is 38.2. The lowest BCUT2D eigenvalue weighted by atomic mass is 9.31. The summed E-state index contributed by atoms with van der Waals surface area (Å²) in [7, 11) is 0. The van der Waals surface area contributed by atoms with Crippen LogP contribution in [0.4, 0.5) is 68.2 Å². The highest BCUT2D eigenvalue weighted by atomic mass is 32.2. The number of anilines is 12. The summed E-state index contributed by atoms with van der Waals surface area (Å²) in [4.78, 5) is 12.8. The van der Waals surface area contributed by atoms with Gasteiger partial charge in [0, 0.05) is 94.3 Å². The summed E-state index contributed by atoms with van der Waals surface area (Å²) in [6.07, 6.45) is 0. The number of para-hydroxylation sites is 4. The first kappa shape index (κ1) is 70.8. The van der Waals surface area contributed by atoms with Crippen LogP contribution in [0.15, 0.2) is 404 Å². The van der Waals surface area contributed by atoms with Gasteiger partial charge in [-0.2, -0.15) is 0 Å². The Morgan fingerprint density at radius 3 is 1.16 bits per heavy atom. The van der Waals surface area contributed by atoms with Crippen molar-refractivity contribution >= 4 is 148 Å². The first-order valence-electron chi connectivity index (χ1n) is 41.3. The highest BCUT2D eigenvalue weighted by Gasteiger charge is 2.49. The summed E-state index contributed by atoms with van der Waals surface area (Å²) in [5, 5.41) is 2.52. The minimum absolute atomic E-state index is 0.0757. The minimum atomic E-state index is -0.275. The number of hydrogen-bond acceptors (Lipinski definition) is 5. The Hall–Kier alpha value is -13.8. The van der Waals surface area contributed by atoms with Gasteiger partial charge in [0.25, 0.3) is 6.71 Å². The zero-order chi connectivity index (χ0) is 79.1. The van der Waals surface area contributed by atoms with Crippen molar-refractivity contribution < 1.29 is 0 Å². The van der Waals surface area contributed by atoms with Gasteiger partial charge in [-0.05, 0) is 209 Å². The predicted molar refractivity (Wildman–Crippen MR) is 504 cm³/mol. The second-order valence-electron chi connectivity index (χ2n) is 34.0. The van der Waals surface area contributed by atoms with Gasteiger partial charge in [-0.3, -0.25) is 0 Å². The zero-order valence-electron chi connectivity index (χ0n) is 66.8. The smallest absolute Gasteiger partial charge is 0.252 e. The van der Waals surface area contributed by atoms with Crippen molar-refractivity contribution in [2.45, 2.75) is 62.2 Å². The molecule has 0 spiro atoms. The van der Waals surface area contributed by atoms with Crippen LogP contribution in [0, 0.1) is 0 Å². The summed E-state index contributed by atoms with van der Waals surface area (Å²) in [6.45, 7) is 13.5. The molecule has 0 fully saturated rings. The largest absolute Gasteiger partial charge is 0.311 e. The fourth-order valence-corrected chi connectivity index (χ4v) is 20.4. The molecule has 0 bridgehead atoms. The van der Waals surface area contributed by atoms with Gasteiger partial charge in [-0.1, -0.05) is 338 Å². The predicted octanol–water partition coefficient (Wildman–Crippen LogP) is 26.0. The van der Waals surface area contributed by atoms with Crippen molar-refractivity contribution in [2.24, 2.45) is 0 Å². The first-order valence-corrected chi connectivity index (χ1v) is 42.1. The molecule has 0 saturated carbocycles. The van der Waals surface area contributed by atoms with E-state index in [0.717, 1.165) is 118 Å². The molecule has 0 unspecified atom stereocenters. The molecule has 0 aliphatic carbocycles. The summed E-state index contributed by atoms with van der Waals surface area (Å²) in [5.74, 6) is 0. The van der Waals surface area contributed by atoms with Crippen LogP contribution < -0.4 is 52.4 Å². The number of nitrogens with zero attached hydrogens (tertiary/aromatic N) is 5. The van der Waals surface area contributed by atoms with E-state index in [9.17, 15) is 0 Å². The molecule has 118 heavy (non-hydrogen) atoms. The number of aromatic nitrogens is 1. The van der Waals surface area contributed by atoms with Gasteiger partial charge < -0.3 is 24.2 Å². The minimum Gasteiger partial charge on any atom is -0.311 e. The van der Waals surface area contributed by atoms with E-state index in [4.69, 9.17) is 0 Å². The molecule has 560 valence electrons. The quantitative estimate of drug-likeness (QED) is 0.113. The van der Waals surface area contributed by atoms with Crippen molar-refractivity contribution in [1.82, 2.24) is 4.57 Å². The third kappa shape index (κ3) is 11.8. The lowest BCUT2D eigenvalue weighted by Gasteiger charge is -2.47. The van der Waals surface area contributed by atoms with E-state index in [0.29, 0.717) is 0 Å². The van der Waals surface area contributed by atoms with Gasteiger partial charge in [0.05, 0.1) is 22.4 Å². The van der Waals surface area contributed by atoms with Crippen LogP contribution in [0.25, 0.3) is 83.1 Å². The summed E-state index contributed by atoms with van der Waals surface area (Å²) >= 11 is 1.94. The Balaban J connectivity index is 0.881. The van der Waals surface area contributed by atoms with Gasteiger partial charge >= 0.3 is 0 Å². The first-order chi connectivity index (χ1) is 57.8. The molecule has 0 amide bonds. The molecule has 4 aliphatic rings. The zero-order valence-corrected chi connectivity index (χ0v) is 67.6. The molecule has 5 heterocycles. The molecule has 0 N–H and O–H groups in total. The van der Waals surface area contributed by atoms with Gasteiger partial charge in [-0.15, -0.1) is 0 Å². The Labute approximate surface area is 696 Å². The molecule has 4 aliphatic heterocycles. The van der Waals surface area contributed by atoms with Gasteiger partial charge in [-0.25, -0.2) is 0 Å². The molecule has 18 aromatic rings. The number of fused-ring (bicyclic) bond motifs is 11. The Morgan fingerprint density at radius 1 is 0.254 bits per heavy atom. The van der Waals surface area contributed by atoms with Gasteiger partial charge in [0.1, 0.15) is 0 Å². The van der Waals surface area contributed by atoms with Crippen molar-refractivity contribution in [1.29, 1.82) is 0 Å². The van der Waals surface area contributed by atoms with E-state index in [-0.39, 0.29) is 24.3 Å². The van der Waals surface area contributed by atoms with Crippen LogP contribution in [0.5, 0.6) is 0 Å². The van der Waals surface area contributed by atoms with Crippen LogP contribution in [0.3, 0.4) is 0 Å². The van der Waals surface area contributed by atoms with E-state index < -0.39 is 0 Å². The van der Waals surface area contributed by atoms with Crippen molar-refractivity contribution in [3.8, 4) is 61.3 Å². The van der Waals surface area contributed by atoms with Crippen LogP contribution >= 0.6 is 11.8 Å². The molecule has 5 nitrogen and oxygen atoms in total. The average Bonchev–Trinajstić information content (AvgIpc) is 0.733. The highest BCUT2D eigenvalue weighted by Crippen LogP contribution is 2.55.